The van der Waals surface area contributed by atoms with E-state index in [0.29, 0.717) is 5.33 Å². The first kappa shape index (κ1) is 12.1. The summed E-state index contributed by atoms with van der Waals surface area (Å²) >= 11 is 3.28. The molecule has 2 aliphatic rings. The lowest BCUT2D eigenvalue weighted by atomic mass is 10.0. The molecule has 2 aliphatic heterocycles. The topological polar surface area (TPSA) is 93.5 Å². The number of hydrogen-bond donors (Lipinski definition) is 2. The van der Waals surface area contributed by atoms with Crippen LogP contribution >= 0.6 is 15.9 Å². The number of aromatic nitrogens is 2. The van der Waals surface area contributed by atoms with Gasteiger partial charge >= 0.3 is 5.69 Å². The van der Waals surface area contributed by atoms with E-state index in [2.05, 4.69) is 20.9 Å². The van der Waals surface area contributed by atoms with Gasteiger partial charge in [-0.25, -0.2) is 4.79 Å². The lowest BCUT2D eigenvalue weighted by Crippen LogP contribution is -2.43. The van der Waals surface area contributed by atoms with Gasteiger partial charge in [0.1, 0.15) is 17.8 Å². The molecule has 1 aromatic rings. The molecule has 2 N–H and O–H groups in total. The third-order valence-corrected chi connectivity index (χ3v) is 4.31. The van der Waals surface area contributed by atoms with Crippen molar-refractivity contribution in [1.82, 2.24) is 9.55 Å². The molecule has 0 aromatic carbocycles. The van der Waals surface area contributed by atoms with E-state index in [1.165, 1.54) is 16.8 Å². The third kappa shape index (κ3) is 1.53. The average Bonchev–Trinajstić information content (AvgIpc) is 2.81. The Morgan fingerprint density at radius 3 is 3.00 bits per heavy atom. The first-order valence-electron chi connectivity index (χ1n) is 5.42. The summed E-state index contributed by atoms with van der Waals surface area (Å²) in [5, 5.41) is 10.5. The molecule has 2 saturated heterocycles. The summed E-state index contributed by atoms with van der Waals surface area (Å²) < 4.78 is 12.4. The summed E-state index contributed by atoms with van der Waals surface area (Å²) in [7, 11) is 0. The molecular formula is C10H11BrN2O5. The average molecular weight is 319 g/mol. The van der Waals surface area contributed by atoms with Crippen LogP contribution in [0.2, 0.25) is 0 Å². The second-order valence-corrected chi connectivity index (χ2v) is 5.01. The van der Waals surface area contributed by atoms with Gasteiger partial charge in [-0.2, -0.15) is 0 Å². The maximum absolute atomic E-state index is 11.7. The monoisotopic (exact) mass is 318 g/mol. The molecule has 8 heteroatoms. The van der Waals surface area contributed by atoms with E-state index in [4.69, 9.17) is 9.47 Å². The lowest BCUT2D eigenvalue weighted by molar-refractivity contribution is -0.165. The van der Waals surface area contributed by atoms with Crippen molar-refractivity contribution in [2.45, 2.75) is 24.0 Å². The number of aromatic amines is 1. The van der Waals surface area contributed by atoms with Crippen molar-refractivity contribution in [1.29, 1.82) is 0 Å². The van der Waals surface area contributed by atoms with E-state index in [1.807, 2.05) is 0 Å². The van der Waals surface area contributed by atoms with E-state index in [1.54, 1.807) is 0 Å². The van der Waals surface area contributed by atoms with Crippen LogP contribution in [-0.4, -0.2) is 44.4 Å². The number of hydrogen-bond acceptors (Lipinski definition) is 5. The Morgan fingerprint density at radius 1 is 1.61 bits per heavy atom. The van der Waals surface area contributed by atoms with Crippen molar-refractivity contribution < 1.29 is 14.6 Å². The number of nitrogens with zero attached hydrogens (tertiary/aromatic N) is 1. The van der Waals surface area contributed by atoms with Crippen LogP contribution < -0.4 is 11.2 Å². The van der Waals surface area contributed by atoms with Gasteiger partial charge in [0.25, 0.3) is 5.56 Å². The van der Waals surface area contributed by atoms with Crippen LogP contribution in [0, 0.1) is 0 Å². The van der Waals surface area contributed by atoms with Crippen LogP contribution in [0.3, 0.4) is 0 Å². The van der Waals surface area contributed by atoms with Gasteiger partial charge < -0.3 is 14.6 Å². The standard InChI is InChI=1S/C10H11BrN2O5/c11-3-10-4-17-6(7(10)15)8(18-10)13-2-1-5(14)12-9(13)16/h1-2,6-8,15H,3-4H2,(H,12,14,16)/t6?,7-,8-,10+/m1/s1. The number of ether oxygens (including phenoxy) is 2. The predicted octanol–water partition coefficient (Wildman–Crippen LogP) is -1.04. The second kappa shape index (κ2) is 4.02. The minimum atomic E-state index is -0.828. The second-order valence-electron chi connectivity index (χ2n) is 4.44. The van der Waals surface area contributed by atoms with Gasteiger partial charge in [0.05, 0.1) is 6.61 Å². The molecule has 0 saturated carbocycles. The fraction of sp³-hybridized carbons (Fsp3) is 0.600. The van der Waals surface area contributed by atoms with E-state index in [0.717, 1.165) is 0 Å². The van der Waals surface area contributed by atoms with Crippen molar-refractivity contribution in [3.63, 3.8) is 0 Å². The Hall–Kier alpha value is -0.960. The molecular weight excluding hydrogens is 308 g/mol. The number of nitrogens with one attached hydrogen (secondary N) is 1. The van der Waals surface area contributed by atoms with E-state index in [-0.39, 0.29) is 6.61 Å². The molecule has 3 rings (SSSR count). The summed E-state index contributed by atoms with van der Waals surface area (Å²) in [5.41, 5.74) is -1.89. The van der Waals surface area contributed by atoms with Gasteiger partial charge in [-0.1, -0.05) is 15.9 Å². The van der Waals surface area contributed by atoms with Crippen LogP contribution in [-0.2, 0) is 9.47 Å². The maximum atomic E-state index is 11.7. The smallest absolute Gasteiger partial charge is 0.330 e. The molecule has 1 unspecified atom stereocenters. The summed E-state index contributed by atoms with van der Waals surface area (Å²) in [5.74, 6) is 0. The number of aliphatic hydroxyl groups excluding tert-OH is 1. The highest BCUT2D eigenvalue weighted by molar-refractivity contribution is 9.09. The molecule has 1 aromatic heterocycles. The number of rotatable bonds is 2. The normalized spacial score (nSPS) is 38.2. The molecule has 7 nitrogen and oxygen atoms in total. The van der Waals surface area contributed by atoms with Crippen LogP contribution in [0.4, 0.5) is 0 Å². The van der Waals surface area contributed by atoms with E-state index < -0.39 is 35.3 Å². The molecule has 0 radical (unpaired) electrons. The quantitative estimate of drug-likeness (QED) is 0.679. The summed E-state index contributed by atoms with van der Waals surface area (Å²) in [6.07, 6.45) is -0.799. The SMILES string of the molecule is O=c1ccn([C@@H]2O[C@@]3(CBr)COC2[C@H]3O)c(=O)[nH]1. The fourth-order valence-electron chi connectivity index (χ4n) is 2.35. The Balaban J connectivity index is 2.01. The van der Waals surface area contributed by atoms with Crippen molar-refractivity contribution in [2.24, 2.45) is 0 Å². The van der Waals surface area contributed by atoms with Gasteiger partial charge in [-0.3, -0.25) is 14.3 Å². The number of H-pyrrole nitrogens is 1. The Labute approximate surface area is 109 Å². The van der Waals surface area contributed by atoms with E-state index >= 15 is 0 Å². The molecule has 0 aliphatic carbocycles. The molecule has 0 spiro atoms. The minimum absolute atomic E-state index is 0.276. The zero-order chi connectivity index (χ0) is 12.9. The minimum Gasteiger partial charge on any atom is -0.387 e. The molecule has 0 amide bonds. The fourth-order valence-corrected chi connectivity index (χ4v) is 2.98. The highest BCUT2D eigenvalue weighted by Crippen LogP contribution is 2.45. The first-order chi connectivity index (χ1) is 8.57. The Morgan fingerprint density at radius 2 is 2.39 bits per heavy atom. The third-order valence-electron chi connectivity index (χ3n) is 3.36. The van der Waals surface area contributed by atoms with Gasteiger partial charge in [-0.15, -0.1) is 0 Å². The van der Waals surface area contributed by atoms with Gasteiger partial charge in [0, 0.05) is 17.6 Å². The highest BCUT2D eigenvalue weighted by Gasteiger charge is 2.61. The van der Waals surface area contributed by atoms with Crippen LogP contribution in [0.15, 0.2) is 21.9 Å². The van der Waals surface area contributed by atoms with Crippen molar-refractivity contribution in [3.8, 4) is 0 Å². The highest BCUT2D eigenvalue weighted by atomic mass is 79.9. The largest absolute Gasteiger partial charge is 0.387 e. The number of fused-ring (bicyclic) bond motifs is 2. The lowest BCUT2D eigenvalue weighted by Gasteiger charge is -2.29. The summed E-state index contributed by atoms with van der Waals surface area (Å²) in [6, 6.07) is 1.23. The molecule has 2 fully saturated rings. The summed E-state index contributed by atoms with van der Waals surface area (Å²) in [4.78, 5) is 24.8. The molecule has 3 heterocycles. The Bertz CT molecular complexity index is 584. The van der Waals surface area contributed by atoms with Gasteiger partial charge in [-0.05, 0) is 0 Å². The van der Waals surface area contributed by atoms with E-state index in [9.17, 15) is 14.7 Å². The maximum Gasteiger partial charge on any atom is 0.330 e. The van der Waals surface area contributed by atoms with Crippen molar-refractivity contribution >= 4 is 15.9 Å². The zero-order valence-corrected chi connectivity index (χ0v) is 10.8. The molecule has 18 heavy (non-hydrogen) atoms. The van der Waals surface area contributed by atoms with Crippen LogP contribution in [0.25, 0.3) is 0 Å². The molecule has 98 valence electrons. The van der Waals surface area contributed by atoms with Crippen LogP contribution in [0.1, 0.15) is 6.23 Å². The van der Waals surface area contributed by atoms with Crippen LogP contribution in [0.5, 0.6) is 0 Å². The number of halogens is 1. The number of alkyl halides is 1. The van der Waals surface area contributed by atoms with Gasteiger partial charge in [0.15, 0.2) is 6.23 Å². The number of aliphatic hydroxyl groups is 1. The Kier molecular flexibility index (Phi) is 2.70. The first-order valence-corrected chi connectivity index (χ1v) is 6.54. The van der Waals surface area contributed by atoms with Crippen molar-refractivity contribution in [3.05, 3.63) is 33.1 Å². The predicted molar refractivity (Wildman–Crippen MR) is 63.7 cm³/mol. The zero-order valence-electron chi connectivity index (χ0n) is 9.21. The van der Waals surface area contributed by atoms with Crippen molar-refractivity contribution in [2.75, 3.05) is 11.9 Å². The molecule has 2 bridgehead atoms. The van der Waals surface area contributed by atoms with Gasteiger partial charge in [0.2, 0.25) is 0 Å². The molecule has 4 atom stereocenters. The summed E-state index contributed by atoms with van der Waals surface area (Å²) in [6.45, 7) is 0.276.